The number of anilines is 1. The molecule has 22 heavy (non-hydrogen) atoms. The highest BCUT2D eigenvalue weighted by Crippen LogP contribution is 2.19. The number of nitrogens with one attached hydrogen (secondary N) is 4. The van der Waals surface area contributed by atoms with Crippen molar-refractivity contribution in [1.82, 2.24) is 16.2 Å². The van der Waals surface area contributed by atoms with Crippen LogP contribution < -0.4 is 21.5 Å². The molecule has 1 aromatic carbocycles. The summed E-state index contributed by atoms with van der Waals surface area (Å²) in [5.74, 6) is 0. The number of hydrazine groups is 1. The van der Waals surface area contributed by atoms with Crippen molar-refractivity contribution in [1.29, 1.82) is 0 Å². The second-order valence-corrected chi connectivity index (χ2v) is 6.24. The Morgan fingerprint density at radius 2 is 2.09 bits per heavy atom. The van der Waals surface area contributed by atoms with Crippen molar-refractivity contribution in [3.05, 3.63) is 28.8 Å². The van der Waals surface area contributed by atoms with Crippen LogP contribution in [0.25, 0.3) is 0 Å². The molecule has 2 rings (SSSR count). The molecule has 1 heterocycles. The van der Waals surface area contributed by atoms with E-state index in [9.17, 15) is 0 Å². The van der Waals surface area contributed by atoms with Gasteiger partial charge >= 0.3 is 0 Å². The number of ether oxygens (including phenoxy) is 1. The van der Waals surface area contributed by atoms with Gasteiger partial charge in [0.05, 0.1) is 6.10 Å². The van der Waals surface area contributed by atoms with Gasteiger partial charge in [-0.2, -0.15) is 0 Å². The van der Waals surface area contributed by atoms with E-state index in [2.05, 4.69) is 21.5 Å². The van der Waals surface area contributed by atoms with Crippen LogP contribution in [0.3, 0.4) is 0 Å². The lowest BCUT2D eigenvalue weighted by atomic mass is 10.2. The molecular formula is C14H19ClN4OS2. The van der Waals surface area contributed by atoms with Gasteiger partial charge in [0, 0.05) is 23.9 Å². The topological polar surface area (TPSA) is 57.3 Å². The third-order valence-electron chi connectivity index (χ3n) is 3.23. The molecule has 0 bridgehead atoms. The van der Waals surface area contributed by atoms with Crippen LogP contribution in [0.1, 0.15) is 18.4 Å². The van der Waals surface area contributed by atoms with E-state index in [0.717, 1.165) is 30.7 Å². The van der Waals surface area contributed by atoms with E-state index in [4.69, 9.17) is 40.8 Å². The van der Waals surface area contributed by atoms with E-state index in [0.29, 0.717) is 21.8 Å². The van der Waals surface area contributed by atoms with Crippen molar-refractivity contribution in [2.75, 3.05) is 18.5 Å². The minimum absolute atomic E-state index is 0.236. The zero-order chi connectivity index (χ0) is 15.9. The van der Waals surface area contributed by atoms with E-state index in [1.807, 2.05) is 25.1 Å². The summed E-state index contributed by atoms with van der Waals surface area (Å²) < 4.78 is 5.51. The van der Waals surface area contributed by atoms with Crippen molar-refractivity contribution < 1.29 is 4.74 Å². The number of thiocarbonyl (C=S) groups is 2. The molecule has 5 nitrogen and oxygen atoms in total. The van der Waals surface area contributed by atoms with Crippen LogP contribution in [0.2, 0.25) is 5.02 Å². The molecule has 120 valence electrons. The minimum atomic E-state index is 0.236. The van der Waals surface area contributed by atoms with Gasteiger partial charge in [0.1, 0.15) is 0 Å². The lowest BCUT2D eigenvalue weighted by Crippen LogP contribution is -2.49. The summed E-state index contributed by atoms with van der Waals surface area (Å²) in [7, 11) is 0. The van der Waals surface area contributed by atoms with Crippen molar-refractivity contribution in [2.45, 2.75) is 25.9 Å². The Balaban J connectivity index is 1.68. The number of hydrogen-bond acceptors (Lipinski definition) is 3. The maximum atomic E-state index is 6.07. The molecule has 1 saturated heterocycles. The summed E-state index contributed by atoms with van der Waals surface area (Å²) in [6, 6.07) is 5.65. The number of rotatable bonds is 3. The molecule has 1 aliphatic rings. The summed E-state index contributed by atoms with van der Waals surface area (Å²) >= 11 is 16.4. The first-order valence-corrected chi connectivity index (χ1v) is 8.22. The predicted octanol–water partition coefficient (Wildman–Crippen LogP) is 2.49. The molecule has 8 heteroatoms. The zero-order valence-corrected chi connectivity index (χ0v) is 14.6. The molecule has 1 aliphatic heterocycles. The molecule has 0 amide bonds. The van der Waals surface area contributed by atoms with E-state index >= 15 is 0 Å². The fourth-order valence-electron chi connectivity index (χ4n) is 2.00. The van der Waals surface area contributed by atoms with Gasteiger partial charge in [-0.25, -0.2) is 0 Å². The molecule has 0 aromatic heterocycles. The van der Waals surface area contributed by atoms with Crippen LogP contribution in [0.4, 0.5) is 5.69 Å². The van der Waals surface area contributed by atoms with Gasteiger partial charge in [-0.3, -0.25) is 10.9 Å². The Kier molecular flexibility index (Phi) is 6.63. The van der Waals surface area contributed by atoms with Crippen LogP contribution in [0.5, 0.6) is 0 Å². The minimum Gasteiger partial charge on any atom is -0.376 e. The zero-order valence-electron chi connectivity index (χ0n) is 12.2. The molecule has 1 atom stereocenters. The molecule has 0 aliphatic carbocycles. The molecule has 4 N–H and O–H groups in total. The Morgan fingerprint density at radius 1 is 1.32 bits per heavy atom. The molecule has 0 unspecified atom stereocenters. The molecule has 0 saturated carbocycles. The normalized spacial score (nSPS) is 16.9. The molecule has 0 radical (unpaired) electrons. The summed E-state index contributed by atoms with van der Waals surface area (Å²) in [5, 5.41) is 7.68. The quantitative estimate of drug-likeness (QED) is 0.489. The van der Waals surface area contributed by atoms with Gasteiger partial charge in [-0.15, -0.1) is 0 Å². The first-order valence-electron chi connectivity index (χ1n) is 7.03. The monoisotopic (exact) mass is 358 g/mol. The molecule has 0 spiro atoms. The number of benzene rings is 1. The lowest BCUT2D eigenvalue weighted by molar-refractivity contribution is 0.114. The maximum Gasteiger partial charge on any atom is 0.189 e. The van der Waals surface area contributed by atoms with Crippen LogP contribution in [0.15, 0.2) is 18.2 Å². The average molecular weight is 359 g/mol. The second kappa shape index (κ2) is 8.47. The highest BCUT2D eigenvalue weighted by atomic mass is 35.5. The second-order valence-electron chi connectivity index (χ2n) is 5.01. The summed E-state index contributed by atoms with van der Waals surface area (Å²) in [5.41, 5.74) is 7.48. The molecule has 1 fully saturated rings. The van der Waals surface area contributed by atoms with Crippen molar-refractivity contribution in [3.8, 4) is 0 Å². The van der Waals surface area contributed by atoms with Gasteiger partial charge in [-0.1, -0.05) is 17.7 Å². The van der Waals surface area contributed by atoms with E-state index in [1.165, 1.54) is 0 Å². The standard InChI is InChI=1S/C14H19ClN4OS2/c1-9-4-5-10(7-12(9)15)17-14(22)19-18-13(21)16-8-11-3-2-6-20-11/h4-5,7,11H,2-3,6,8H2,1H3,(H2,16,18,21)(H2,17,19,22)/t11-/m0/s1. The Hall–Kier alpha value is -1.15. The highest BCUT2D eigenvalue weighted by Gasteiger charge is 2.15. The Labute approximate surface area is 146 Å². The van der Waals surface area contributed by atoms with Crippen LogP contribution >= 0.6 is 36.0 Å². The van der Waals surface area contributed by atoms with Gasteiger partial charge in [0.25, 0.3) is 0 Å². The lowest BCUT2D eigenvalue weighted by Gasteiger charge is -2.16. The first kappa shape index (κ1) is 17.2. The fourth-order valence-corrected chi connectivity index (χ4v) is 2.49. The van der Waals surface area contributed by atoms with Gasteiger partial charge in [-0.05, 0) is 61.9 Å². The van der Waals surface area contributed by atoms with Crippen molar-refractivity contribution in [2.24, 2.45) is 0 Å². The van der Waals surface area contributed by atoms with Crippen LogP contribution in [0, 0.1) is 6.92 Å². The molecule has 1 aromatic rings. The average Bonchev–Trinajstić information content (AvgIpc) is 3.00. The van der Waals surface area contributed by atoms with Crippen LogP contribution in [-0.4, -0.2) is 29.5 Å². The summed E-state index contributed by atoms with van der Waals surface area (Å²) in [4.78, 5) is 0. The van der Waals surface area contributed by atoms with Gasteiger partial charge in [0.2, 0.25) is 0 Å². The SMILES string of the molecule is Cc1ccc(NC(=S)NNC(=S)NC[C@@H]2CCCO2)cc1Cl. The number of aryl methyl sites for hydroxylation is 1. The number of halogens is 1. The molecular weight excluding hydrogens is 340 g/mol. The van der Waals surface area contributed by atoms with E-state index in [-0.39, 0.29) is 6.10 Å². The predicted molar refractivity (Wildman–Crippen MR) is 98.3 cm³/mol. The first-order chi connectivity index (χ1) is 10.5. The van der Waals surface area contributed by atoms with Crippen molar-refractivity contribution in [3.63, 3.8) is 0 Å². The third-order valence-corrected chi connectivity index (χ3v) is 4.09. The van der Waals surface area contributed by atoms with E-state index in [1.54, 1.807) is 0 Å². The fraction of sp³-hybridized carbons (Fsp3) is 0.429. The Morgan fingerprint density at radius 3 is 2.77 bits per heavy atom. The summed E-state index contributed by atoms with van der Waals surface area (Å²) in [6.07, 6.45) is 2.41. The maximum absolute atomic E-state index is 6.07. The van der Waals surface area contributed by atoms with Crippen LogP contribution in [-0.2, 0) is 4.74 Å². The largest absolute Gasteiger partial charge is 0.376 e. The van der Waals surface area contributed by atoms with E-state index < -0.39 is 0 Å². The Bertz CT molecular complexity index is 550. The third kappa shape index (κ3) is 5.57. The highest BCUT2D eigenvalue weighted by molar-refractivity contribution is 7.80. The summed E-state index contributed by atoms with van der Waals surface area (Å²) in [6.45, 7) is 3.47. The number of hydrogen-bond donors (Lipinski definition) is 4. The van der Waals surface area contributed by atoms with Gasteiger partial charge < -0.3 is 15.4 Å². The van der Waals surface area contributed by atoms with Gasteiger partial charge in [0.15, 0.2) is 10.2 Å². The van der Waals surface area contributed by atoms with Crippen molar-refractivity contribution >= 4 is 51.9 Å². The smallest absolute Gasteiger partial charge is 0.189 e.